The van der Waals surface area contributed by atoms with Crippen molar-refractivity contribution in [3.8, 4) is 11.5 Å². The molecule has 0 bridgehead atoms. The normalized spacial score (nSPS) is 16.2. The number of hydrogen-bond acceptors (Lipinski definition) is 3. The fourth-order valence-corrected chi connectivity index (χ4v) is 2.90. The van der Waals surface area contributed by atoms with E-state index in [1.165, 1.54) is 0 Å². The van der Waals surface area contributed by atoms with E-state index in [-0.39, 0.29) is 23.8 Å². The van der Waals surface area contributed by atoms with E-state index in [4.69, 9.17) is 5.11 Å². The van der Waals surface area contributed by atoms with E-state index in [1.54, 1.807) is 30.3 Å². The van der Waals surface area contributed by atoms with Crippen molar-refractivity contribution in [3.05, 3.63) is 35.9 Å². The van der Waals surface area contributed by atoms with E-state index in [1.807, 2.05) is 0 Å². The van der Waals surface area contributed by atoms with E-state index < -0.39 is 5.97 Å². The zero-order valence-electron chi connectivity index (χ0n) is 10.9. The van der Waals surface area contributed by atoms with Gasteiger partial charge in [-0.25, -0.2) is 0 Å². The molecule has 1 atom stereocenters. The highest BCUT2D eigenvalue weighted by Gasteiger charge is 2.36. The van der Waals surface area contributed by atoms with Gasteiger partial charge in [0.15, 0.2) is 0 Å². The highest BCUT2D eigenvalue weighted by molar-refractivity contribution is 5.90. The maximum atomic E-state index is 11.1. The Bertz CT molecular complexity index is 668. The minimum absolute atomic E-state index is 0.00694. The van der Waals surface area contributed by atoms with Gasteiger partial charge in [0.25, 0.3) is 0 Å². The Hall–Kier alpha value is -2.23. The summed E-state index contributed by atoms with van der Waals surface area (Å²) in [6.45, 7) is 0. The summed E-state index contributed by atoms with van der Waals surface area (Å²) < 4.78 is 0. The quantitative estimate of drug-likeness (QED) is 0.798. The molecule has 3 N–H and O–H groups in total. The average molecular weight is 272 g/mol. The lowest BCUT2D eigenvalue weighted by atomic mass is 9.86. The lowest BCUT2D eigenvalue weighted by molar-refractivity contribution is -0.137. The molecule has 4 nitrogen and oxygen atoms in total. The number of aromatic hydroxyl groups is 2. The molecule has 0 radical (unpaired) electrons. The third-order valence-corrected chi connectivity index (χ3v) is 3.98. The van der Waals surface area contributed by atoms with Crippen LogP contribution in [0.4, 0.5) is 0 Å². The molecule has 104 valence electrons. The van der Waals surface area contributed by atoms with Crippen LogP contribution >= 0.6 is 0 Å². The number of rotatable bonds is 4. The van der Waals surface area contributed by atoms with E-state index in [9.17, 15) is 15.0 Å². The van der Waals surface area contributed by atoms with E-state index in [0.29, 0.717) is 11.5 Å². The summed E-state index contributed by atoms with van der Waals surface area (Å²) in [5, 5.41) is 30.6. The van der Waals surface area contributed by atoms with Crippen LogP contribution in [0, 0.1) is 5.92 Å². The molecule has 3 rings (SSSR count). The van der Waals surface area contributed by atoms with Crippen LogP contribution in [-0.2, 0) is 4.79 Å². The Morgan fingerprint density at radius 3 is 2.55 bits per heavy atom. The Morgan fingerprint density at radius 1 is 1.20 bits per heavy atom. The van der Waals surface area contributed by atoms with Gasteiger partial charge < -0.3 is 15.3 Å². The highest BCUT2D eigenvalue weighted by Crippen LogP contribution is 2.49. The number of hydrogen-bond donors (Lipinski definition) is 3. The monoisotopic (exact) mass is 272 g/mol. The zero-order chi connectivity index (χ0) is 14.3. The number of carboxylic acids is 1. The molecule has 1 saturated carbocycles. The third-order valence-electron chi connectivity index (χ3n) is 3.98. The number of carbonyl (C=O) groups is 1. The van der Waals surface area contributed by atoms with Crippen molar-refractivity contribution in [2.75, 3.05) is 0 Å². The molecule has 1 aliphatic carbocycles. The van der Waals surface area contributed by atoms with E-state index >= 15 is 0 Å². The number of carboxylic acid groups (broad SMARTS) is 1. The minimum atomic E-state index is -0.863. The summed E-state index contributed by atoms with van der Waals surface area (Å²) in [6.07, 6.45) is 1.99. The first kappa shape index (κ1) is 12.8. The van der Waals surface area contributed by atoms with Gasteiger partial charge in [-0.05, 0) is 47.7 Å². The van der Waals surface area contributed by atoms with Crippen LogP contribution in [0.15, 0.2) is 30.3 Å². The third kappa shape index (κ3) is 2.29. The van der Waals surface area contributed by atoms with Crippen LogP contribution in [0.1, 0.15) is 30.7 Å². The van der Waals surface area contributed by atoms with Crippen molar-refractivity contribution < 1.29 is 20.1 Å². The van der Waals surface area contributed by atoms with Gasteiger partial charge in [0.2, 0.25) is 0 Å². The number of fused-ring (bicyclic) bond motifs is 1. The molecule has 0 aliphatic heterocycles. The van der Waals surface area contributed by atoms with E-state index in [2.05, 4.69) is 0 Å². The smallest absolute Gasteiger partial charge is 0.303 e. The molecule has 20 heavy (non-hydrogen) atoms. The van der Waals surface area contributed by atoms with Gasteiger partial charge in [0, 0.05) is 11.5 Å². The molecule has 1 fully saturated rings. The lowest BCUT2D eigenvalue weighted by Crippen LogP contribution is -2.09. The van der Waals surface area contributed by atoms with Crippen LogP contribution in [0.3, 0.4) is 0 Å². The summed E-state index contributed by atoms with van der Waals surface area (Å²) in [6, 6.07) is 8.34. The molecule has 1 aliphatic rings. The van der Waals surface area contributed by atoms with Crippen LogP contribution in [0.25, 0.3) is 10.8 Å². The molecule has 0 spiro atoms. The predicted octanol–water partition coefficient (Wildman–Crippen LogP) is 3.22. The molecule has 0 amide bonds. The fourth-order valence-electron chi connectivity index (χ4n) is 2.90. The number of aliphatic carboxylic acids is 1. The van der Waals surface area contributed by atoms with Crippen molar-refractivity contribution in [1.29, 1.82) is 0 Å². The first-order valence-corrected chi connectivity index (χ1v) is 6.72. The topological polar surface area (TPSA) is 77.8 Å². The molecule has 4 heteroatoms. The predicted molar refractivity (Wildman–Crippen MR) is 75.0 cm³/mol. The summed E-state index contributed by atoms with van der Waals surface area (Å²) in [4.78, 5) is 11.1. The molecule has 0 saturated heterocycles. The van der Waals surface area contributed by atoms with Crippen molar-refractivity contribution in [1.82, 2.24) is 0 Å². The van der Waals surface area contributed by atoms with Gasteiger partial charge in [-0.3, -0.25) is 4.79 Å². The second kappa shape index (κ2) is 4.71. The fraction of sp³-hybridized carbons (Fsp3) is 0.312. The van der Waals surface area contributed by atoms with Crippen molar-refractivity contribution >= 4 is 16.7 Å². The summed E-state index contributed by atoms with van der Waals surface area (Å²) in [5.41, 5.74) is 0.656. The number of benzene rings is 2. The van der Waals surface area contributed by atoms with Gasteiger partial charge in [-0.1, -0.05) is 12.1 Å². The summed E-state index contributed by atoms with van der Waals surface area (Å²) in [7, 11) is 0. The minimum Gasteiger partial charge on any atom is -0.508 e. The first-order chi connectivity index (χ1) is 9.56. The molecule has 2 aromatic rings. The van der Waals surface area contributed by atoms with Crippen LogP contribution < -0.4 is 0 Å². The maximum absolute atomic E-state index is 11.1. The molecular weight excluding hydrogens is 256 g/mol. The van der Waals surface area contributed by atoms with Crippen molar-refractivity contribution in [3.63, 3.8) is 0 Å². The number of phenolic OH excluding ortho intramolecular Hbond substituents is 2. The molecular formula is C16H16O4. The highest BCUT2D eigenvalue weighted by atomic mass is 16.4. The van der Waals surface area contributed by atoms with Crippen molar-refractivity contribution in [2.45, 2.75) is 25.2 Å². The summed E-state index contributed by atoms with van der Waals surface area (Å²) >= 11 is 0. The Morgan fingerprint density at radius 2 is 1.90 bits per heavy atom. The second-order valence-corrected chi connectivity index (χ2v) is 5.45. The van der Waals surface area contributed by atoms with Crippen molar-refractivity contribution in [2.24, 2.45) is 5.92 Å². The lowest BCUT2D eigenvalue weighted by Gasteiger charge is -2.18. The molecule has 2 aromatic carbocycles. The number of phenols is 2. The van der Waals surface area contributed by atoms with Gasteiger partial charge in [-0.2, -0.15) is 0 Å². The summed E-state index contributed by atoms with van der Waals surface area (Å²) in [5.74, 6) is -0.517. The largest absolute Gasteiger partial charge is 0.508 e. The second-order valence-electron chi connectivity index (χ2n) is 5.45. The molecule has 0 aromatic heterocycles. The Labute approximate surface area is 116 Å². The zero-order valence-corrected chi connectivity index (χ0v) is 10.9. The van der Waals surface area contributed by atoms with Crippen LogP contribution in [-0.4, -0.2) is 21.3 Å². The standard InChI is InChI=1S/C16H16O4/c17-11-5-3-10-4-6-14(18)16(12(10)7-11)13(8-15(19)20)9-1-2-9/h3-7,9,13,17-18H,1-2,8H2,(H,19,20). The molecule has 0 heterocycles. The van der Waals surface area contributed by atoms with E-state index in [0.717, 1.165) is 23.6 Å². The molecule has 1 unspecified atom stereocenters. The van der Waals surface area contributed by atoms with Gasteiger partial charge in [0.05, 0.1) is 6.42 Å². The first-order valence-electron chi connectivity index (χ1n) is 6.72. The Balaban J connectivity index is 2.18. The van der Waals surface area contributed by atoms with Gasteiger partial charge in [0.1, 0.15) is 11.5 Å². The van der Waals surface area contributed by atoms with Crippen LogP contribution in [0.2, 0.25) is 0 Å². The van der Waals surface area contributed by atoms with Gasteiger partial charge in [-0.15, -0.1) is 0 Å². The van der Waals surface area contributed by atoms with Gasteiger partial charge >= 0.3 is 5.97 Å². The van der Waals surface area contributed by atoms with Crippen LogP contribution in [0.5, 0.6) is 11.5 Å². The average Bonchev–Trinajstić information content (AvgIpc) is 3.20. The maximum Gasteiger partial charge on any atom is 0.303 e. The Kier molecular flexibility index (Phi) is 3.01. The SMILES string of the molecule is O=C(O)CC(c1c(O)ccc2ccc(O)cc12)C1CC1.